The second-order valence-corrected chi connectivity index (χ2v) is 4.70. The lowest BCUT2D eigenvalue weighted by Crippen LogP contribution is -2.45. The predicted octanol–water partition coefficient (Wildman–Crippen LogP) is 1.01. The van der Waals surface area contributed by atoms with Crippen LogP contribution in [0.1, 0.15) is 28.8 Å². The van der Waals surface area contributed by atoms with Crippen molar-refractivity contribution in [3.8, 4) is 5.75 Å². The largest absolute Gasteiger partial charge is 0.496 e. The van der Waals surface area contributed by atoms with Gasteiger partial charge in [0.1, 0.15) is 5.75 Å². The summed E-state index contributed by atoms with van der Waals surface area (Å²) in [6.07, 6.45) is 1.12. The Bertz CT molecular complexity index is 499. The van der Waals surface area contributed by atoms with Crippen molar-refractivity contribution in [1.82, 2.24) is 10.6 Å². The van der Waals surface area contributed by atoms with Crippen LogP contribution in [0.2, 0.25) is 0 Å². The first-order valence-electron chi connectivity index (χ1n) is 6.32. The van der Waals surface area contributed by atoms with Gasteiger partial charge in [-0.25, -0.2) is 0 Å². The molecule has 5 heteroatoms. The molecule has 2 N–H and O–H groups in total. The molecule has 1 atom stereocenters. The summed E-state index contributed by atoms with van der Waals surface area (Å²) >= 11 is 0. The molecule has 1 unspecified atom stereocenters. The SMILES string of the molecule is COc1ccc(C(=O)NC2CCNC(=O)C2)cc1C. The lowest BCUT2D eigenvalue weighted by atomic mass is 10.0. The van der Waals surface area contributed by atoms with Gasteiger partial charge in [-0.1, -0.05) is 0 Å². The first-order chi connectivity index (χ1) is 9.10. The molecule has 0 radical (unpaired) electrons. The van der Waals surface area contributed by atoms with Crippen molar-refractivity contribution >= 4 is 11.8 Å². The fourth-order valence-corrected chi connectivity index (χ4v) is 2.20. The molecule has 19 heavy (non-hydrogen) atoms. The molecule has 102 valence electrons. The number of benzene rings is 1. The van der Waals surface area contributed by atoms with Crippen LogP contribution in [0.5, 0.6) is 5.75 Å². The van der Waals surface area contributed by atoms with Crippen molar-refractivity contribution in [3.63, 3.8) is 0 Å². The summed E-state index contributed by atoms with van der Waals surface area (Å²) in [6, 6.07) is 5.21. The highest BCUT2D eigenvalue weighted by Crippen LogP contribution is 2.18. The van der Waals surface area contributed by atoms with Crippen molar-refractivity contribution in [1.29, 1.82) is 0 Å². The average Bonchev–Trinajstić information content (AvgIpc) is 2.38. The molecule has 0 aliphatic carbocycles. The van der Waals surface area contributed by atoms with E-state index < -0.39 is 0 Å². The second kappa shape index (κ2) is 5.73. The highest BCUT2D eigenvalue weighted by Gasteiger charge is 2.21. The summed E-state index contributed by atoms with van der Waals surface area (Å²) in [6.45, 7) is 2.51. The van der Waals surface area contributed by atoms with Gasteiger partial charge in [0.25, 0.3) is 5.91 Å². The number of aryl methyl sites for hydroxylation is 1. The Balaban J connectivity index is 2.03. The quantitative estimate of drug-likeness (QED) is 0.854. The lowest BCUT2D eigenvalue weighted by molar-refractivity contribution is -0.122. The van der Waals surface area contributed by atoms with E-state index in [1.807, 2.05) is 6.92 Å². The van der Waals surface area contributed by atoms with E-state index >= 15 is 0 Å². The summed E-state index contributed by atoms with van der Waals surface area (Å²) in [5.41, 5.74) is 1.50. The van der Waals surface area contributed by atoms with Crippen molar-refractivity contribution in [2.45, 2.75) is 25.8 Å². The average molecular weight is 262 g/mol. The van der Waals surface area contributed by atoms with Crippen LogP contribution in [0, 0.1) is 6.92 Å². The van der Waals surface area contributed by atoms with Gasteiger partial charge in [0, 0.05) is 24.6 Å². The third-order valence-electron chi connectivity index (χ3n) is 3.24. The molecule has 0 saturated carbocycles. The number of ether oxygens (including phenoxy) is 1. The first-order valence-corrected chi connectivity index (χ1v) is 6.32. The van der Waals surface area contributed by atoms with Crippen molar-refractivity contribution in [3.05, 3.63) is 29.3 Å². The minimum Gasteiger partial charge on any atom is -0.496 e. The zero-order valence-electron chi connectivity index (χ0n) is 11.2. The Labute approximate surface area is 112 Å². The van der Waals surface area contributed by atoms with Crippen molar-refractivity contribution < 1.29 is 14.3 Å². The molecular weight excluding hydrogens is 244 g/mol. The van der Waals surface area contributed by atoms with Crippen LogP contribution >= 0.6 is 0 Å². The number of hydrogen-bond donors (Lipinski definition) is 2. The molecular formula is C14H18N2O3. The Morgan fingerprint density at radius 1 is 1.47 bits per heavy atom. The highest BCUT2D eigenvalue weighted by atomic mass is 16.5. The van der Waals surface area contributed by atoms with E-state index in [1.54, 1.807) is 25.3 Å². The van der Waals surface area contributed by atoms with E-state index in [0.717, 1.165) is 17.7 Å². The summed E-state index contributed by atoms with van der Waals surface area (Å²) in [5, 5.41) is 5.63. The fraction of sp³-hybridized carbons (Fsp3) is 0.429. The standard InChI is InChI=1S/C14H18N2O3/c1-9-7-10(3-4-12(9)19-2)14(18)16-11-5-6-15-13(17)8-11/h3-4,7,11H,5-6,8H2,1-2H3,(H,15,17)(H,16,18). The number of amides is 2. The molecule has 1 saturated heterocycles. The number of carbonyl (C=O) groups is 2. The number of piperidine rings is 1. The van der Waals surface area contributed by atoms with E-state index in [2.05, 4.69) is 10.6 Å². The molecule has 0 spiro atoms. The zero-order chi connectivity index (χ0) is 13.8. The smallest absolute Gasteiger partial charge is 0.251 e. The molecule has 1 fully saturated rings. The molecule has 1 aromatic rings. The summed E-state index contributed by atoms with van der Waals surface area (Å²) in [7, 11) is 1.60. The van der Waals surface area contributed by atoms with Gasteiger partial charge in [-0.2, -0.15) is 0 Å². The summed E-state index contributed by atoms with van der Waals surface area (Å²) in [5.74, 6) is 0.599. The third kappa shape index (κ3) is 3.24. The molecule has 2 amide bonds. The van der Waals surface area contributed by atoms with Crippen LogP contribution in [-0.2, 0) is 4.79 Å². The number of rotatable bonds is 3. The van der Waals surface area contributed by atoms with Crippen molar-refractivity contribution in [2.24, 2.45) is 0 Å². The Kier molecular flexibility index (Phi) is 4.04. The van der Waals surface area contributed by atoms with Crippen LogP contribution in [-0.4, -0.2) is 31.5 Å². The van der Waals surface area contributed by atoms with Gasteiger partial charge in [-0.15, -0.1) is 0 Å². The van der Waals surface area contributed by atoms with E-state index in [4.69, 9.17) is 4.74 Å². The van der Waals surface area contributed by atoms with E-state index in [0.29, 0.717) is 18.5 Å². The monoisotopic (exact) mass is 262 g/mol. The zero-order valence-corrected chi connectivity index (χ0v) is 11.2. The molecule has 1 heterocycles. The number of methoxy groups -OCH3 is 1. The van der Waals surface area contributed by atoms with Gasteiger partial charge in [0.15, 0.2) is 0 Å². The molecule has 1 aromatic carbocycles. The normalized spacial score (nSPS) is 18.6. The van der Waals surface area contributed by atoms with Crippen LogP contribution in [0.4, 0.5) is 0 Å². The maximum Gasteiger partial charge on any atom is 0.251 e. The van der Waals surface area contributed by atoms with Crippen LogP contribution in [0.3, 0.4) is 0 Å². The minimum atomic E-state index is -0.148. The topological polar surface area (TPSA) is 67.4 Å². The molecule has 0 bridgehead atoms. The summed E-state index contributed by atoms with van der Waals surface area (Å²) in [4.78, 5) is 23.3. The van der Waals surface area contributed by atoms with Crippen LogP contribution in [0.15, 0.2) is 18.2 Å². The maximum atomic E-state index is 12.1. The van der Waals surface area contributed by atoms with Gasteiger partial charge in [-0.3, -0.25) is 9.59 Å². The van der Waals surface area contributed by atoms with Gasteiger partial charge in [0.2, 0.25) is 5.91 Å². The van der Waals surface area contributed by atoms with Gasteiger partial charge >= 0.3 is 0 Å². The summed E-state index contributed by atoms with van der Waals surface area (Å²) < 4.78 is 5.16. The maximum absolute atomic E-state index is 12.1. The first kappa shape index (κ1) is 13.4. The molecule has 1 aliphatic rings. The number of carbonyl (C=O) groups excluding carboxylic acids is 2. The van der Waals surface area contributed by atoms with E-state index in [9.17, 15) is 9.59 Å². The van der Waals surface area contributed by atoms with Crippen LogP contribution < -0.4 is 15.4 Å². The van der Waals surface area contributed by atoms with Crippen molar-refractivity contribution in [2.75, 3.05) is 13.7 Å². The Hall–Kier alpha value is -2.04. The van der Waals surface area contributed by atoms with E-state index in [-0.39, 0.29) is 17.9 Å². The highest BCUT2D eigenvalue weighted by molar-refractivity contribution is 5.95. The third-order valence-corrected chi connectivity index (χ3v) is 3.24. The van der Waals surface area contributed by atoms with Gasteiger partial charge < -0.3 is 15.4 Å². The molecule has 2 rings (SSSR count). The second-order valence-electron chi connectivity index (χ2n) is 4.70. The van der Waals surface area contributed by atoms with E-state index in [1.165, 1.54) is 0 Å². The van der Waals surface area contributed by atoms with Crippen LogP contribution in [0.25, 0.3) is 0 Å². The van der Waals surface area contributed by atoms with Gasteiger partial charge in [0.05, 0.1) is 7.11 Å². The molecule has 5 nitrogen and oxygen atoms in total. The lowest BCUT2D eigenvalue weighted by Gasteiger charge is -2.23. The number of hydrogen-bond acceptors (Lipinski definition) is 3. The molecule has 1 aliphatic heterocycles. The van der Waals surface area contributed by atoms with Gasteiger partial charge in [-0.05, 0) is 37.1 Å². The fourth-order valence-electron chi connectivity index (χ4n) is 2.20. The number of nitrogens with one attached hydrogen (secondary N) is 2. The predicted molar refractivity (Wildman–Crippen MR) is 71.2 cm³/mol. The Morgan fingerprint density at radius 2 is 2.26 bits per heavy atom. The molecule has 0 aromatic heterocycles. The minimum absolute atomic E-state index is 0.0116. The Morgan fingerprint density at radius 3 is 2.89 bits per heavy atom.